The Morgan fingerprint density at radius 3 is 2.57 bits per heavy atom. The van der Waals surface area contributed by atoms with Gasteiger partial charge in [0.1, 0.15) is 28.8 Å². The van der Waals surface area contributed by atoms with Gasteiger partial charge in [-0.05, 0) is 32.0 Å². The van der Waals surface area contributed by atoms with Crippen molar-refractivity contribution in [1.29, 1.82) is 5.26 Å². The molecule has 0 aliphatic carbocycles. The monoisotopic (exact) mass is 489 g/mol. The number of piperazine rings is 1. The molecule has 11 heteroatoms. The first-order valence-electron chi connectivity index (χ1n) is 10.9. The molecule has 3 heterocycles. The second-order valence-electron chi connectivity index (χ2n) is 8.55. The molecule has 0 amide bonds. The molecule has 7 nitrogen and oxygen atoms in total. The number of fused-ring (bicyclic) bond motifs is 1. The molecule has 0 saturated carbocycles. The zero-order valence-electron chi connectivity index (χ0n) is 19.3. The van der Waals surface area contributed by atoms with Gasteiger partial charge in [-0.1, -0.05) is 6.07 Å². The lowest BCUT2D eigenvalue weighted by Gasteiger charge is -2.43. The summed E-state index contributed by atoms with van der Waals surface area (Å²) in [5.74, 6) is -1.38. The van der Waals surface area contributed by atoms with Crippen LogP contribution in [0.4, 0.5) is 23.2 Å². The van der Waals surface area contributed by atoms with Gasteiger partial charge in [-0.2, -0.15) is 5.26 Å². The second-order valence-corrected chi connectivity index (χ2v) is 8.55. The van der Waals surface area contributed by atoms with Crippen LogP contribution in [0, 0.1) is 17.1 Å². The van der Waals surface area contributed by atoms with Crippen LogP contribution in [-0.4, -0.2) is 46.5 Å². The highest BCUT2D eigenvalue weighted by atomic mass is 19.4. The lowest BCUT2D eigenvalue weighted by Crippen LogP contribution is -2.53. The first-order valence-corrected chi connectivity index (χ1v) is 10.9. The molecule has 4 rings (SSSR count). The van der Waals surface area contributed by atoms with Gasteiger partial charge in [-0.3, -0.25) is 9.69 Å². The van der Waals surface area contributed by atoms with Gasteiger partial charge in [0.05, 0.1) is 11.2 Å². The van der Waals surface area contributed by atoms with E-state index in [9.17, 15) is 27.6 Å². The highest BCUT2D eigenvalue weighted by Crippen LogP contribution is 2.32. The topological polar surface area (TPSA) is 74.4 Å². The smallest absolute Gasteiger partial charge is 0.406 e. The van der Waals surface area contributed by atoms with Gasteiger partial charge in [0.15, 0.2) is 0 Å². The summed E-state index contributed by atoms with van der Waals surface area (Å²) in [5, 5.41) is 9.28. The lowest BCUT2D eigenvalue weighted by atomic mass is 10.0. The summed E-state index contributed by atoms with van der Waals surface area (Å²) in [7, 11) is 1.64. The number of benzene rings is 1. The van der Waals surface area contributed by atoms with Crippen LogP contribution < -0.4 is 15.2 Å². The minimum absolute atomic E-state index is 0.0926. The Morgan fingerprint density at radius 1 is 1.20 bits per heavy atom. The van der Waals surface area contributed by atoms with Crippen LogP contribution in [0.3, 0.4) is 0 Å². The van der Waals surface area contributed by atoms with Gasteiger partial charge < -0.3 is 14.2 Å². The minimum atomic E-state index is -4.89. The quantitative estimate of drug-likeness (QED) is 0.514. The molecular formula is C24H23F4N5O2. The third-order valence-electron chi connectivity index (χ3n) is 6.35. The number of rotatable bonds is 4. The van der Waals surface area contributed by atoms with Crippen LogP contribution in [0.1, 0.15) is 31.1 Å². The number of nitrogens with zero attached hydrogens (tertiary/aromatic N) is 5. The summed E-state index contributed by atoms with van der Waals surface area (Å²) in [6.07, 6.45) is -4.89. The molecule has 3 aromatic rings. The first-order chi connectivity index (χ1) is 16.5. The number of ether oxygens (including phenoxy) is 1. The lowest BCUT2D eigenvalue weighted by molar-refractivity contribution is -0.274. The fourth-order valence-corrected chi connectivity index (χ4v) is 4.53. The van der Waals surface area contributed by atoms with Gasteiger partial charge in [0.2, 0.25) is 0 Å². The van der Waals surface area contributed by atoms with Gasteiger partial charge in [-0.25, -0.2) is 9.37 Å². The van der Waals surface area contributed by atoms with Crippen LogP contribution in [0.5, 0.6) is 5.75 Å². The second kappa shape index (κ2) is 9.19. The van der Waals surface area contributed by atoms with E-state index in [0.29, 0.717) is 36.4 Å². The van der Waals surface area contributed by atoms with Crippen molar-refractivity contribution in [3.63, 3.8) is 0 Å². The molecule has 2 aromatic heterocycles. The zero-order valence-corrected chi connectivity index (χ0v) is 19.3. The van der Waals surface area contributed by atoms with E-state index in [1.807, 2.05) is 22.8 Å². The Morgan fingerprint density at radius 2 is 1.94 bits per heavy atom. The summed E-state index contributed by atoms with van der Waals surface area (Å²) >= 11 is 0. The maximum atomic E-state index is 14.6. The van der Waals surface area contributed by atoms with Gasteiger partial charge >= 0.3 is 6.36 Å². The molecular weight excluding hydrogens is 466 g/mol. The molecule has 1 aliphatic heterocycles. The predicted molar refractivity (Wildman–Crippen MR) is 122 cm³/mol. The van der Waals surface area contributed by atoms with E-state index in [1.165, 1.54) is 16.7 Å². The van der Waals surface area contributed by atoms with Gasteiger partial charge in [0, 0.05) is 56.5 Å². The molecule has 0 radical (unpaired) electrons. The van der Waals surface area contributed by atoms with Crippen LogP contribution >= 0.6 is 0 Å². The fourth-order valence-electron chi connectivity index (χ4n) is 4.53. The molecule has 1 saturated heterocycles. The zero-order chi connectivity index (χ0) is 25.5. The normalized spacial score (nSPS) is 17.9. The fraction of sp³-hybridized carbons (Fsp3) is 0.375. The summed E-state index contributed by atoms with van der Waals surface area (Å²) < 4.78 is 57.2. The molecule has 1 unspecified atom stereocenters. The van der Waals surface area contributed by atoms with Crippen molar-refractivity contribution in [2.24, 2.45) is 7.05 Å². The summed E-state index contributed by atoms with van der Waals surface area (Å²) in [6.45, 7) is 5.28. The van der Waals surface area contributed by atoms with E-state index < -0.39 is 24.0 Å². The van der Waals surface area contributed by atoms with Crippen LogP contribution in [0.25, 0.3) is 11.0 Å². The molecule has 1 aliphatic rings. The maximum absolute atomic E-state index is 14.6. The third-order valence-corrected chi connectivity index (χ3v) is 6.35. The Balaban J connectivity index is 1.58. The number of hydrogen-bond donors (Lipinski definition) is 0. The predicted octanol–water partition coefficient (Wildman–Crippen LogP) is 4.11. The summed E-state index contributed by atoms with van der Waals surface area (Å²) in [4.78, 5) is 21.1. The molecule has 0 spiro atoms. The molecule has 1 aromatic carbocycles. The maximum Gasteiger partial charge on any atom is 0.573 e. The highest BCUT2D eigenvalue weighted by Gasteiger charge is 2.33. The van der Waals surface area contributed by atoms with Crippen molar-refractivity contribution in [2.45, 2.75) is 32.3 Å². The molecule has 184 valence electrons. The molecule has 1 fully saturated rings. The Kier molecular flexibility index (Phi) is 6.42. The van der Waals surface area contributed by atoms with E-state index in [4.69, 9.17) is 0 Å². The minimum Gasteiger partial charge on any atom is -0.406 e. The van der Waals surface area contributed by atoms with Crippen molar-refractivity contribution in [1.82, 2.24) is 14.5 Å². The highest BCUT2D eigenvalue weighted by molar-refractivity contribution is 5.88. The number of pyridine rings is 2. The number of hydrogen-bond acceptors (Lipinski definition) is 6. The van der Waals surface area contributed by atoms with E-state index >= 15 is 0 Å². The van der Waals surface area contributed by atoms with Crippen LogP contribution in [0.2, 0.25) is 0 Å². The van der Waals surface area contributed by atoms with Gasteiger partial charge in [0.25, 0.3) is 5.56 Å². The summed E-state index contributed by atoms with van der Waals surface area (Å²) in [5.41, 5.74) is 2.08. The standard InChI is InChI=1S/C24H23F4N5O2/c1-14-13-32(15(2)18-6-5-17(10-19(18)25)35-24(26,27)28)8-9-33(14)21-11-22(34)31(3)20-7-4-16(12-29)30-23(20)21/h4-7,10-11,14-15H,8-9,13H2,1-3H3/t14-,15?/m0/s1. The van der Waals surface area contributed by atoms with E-state index in [1.54, 1.807) is 26.1 Å². The van der Waals surface area contributed by atoms with E-state index in [-0.39, 0.29) is 22.9 Å². The van der Waals surface area contributed by atoms with E-state index in [0.717, 1.165) is 12.1 Å². The SMILES string of the molecule is CC(c1ccc(OC(F)(F)F)cc1F)N1CCN(c2cc(=O)n(C)c3ccc(C#N)nc23)[C@@H](C)C1. The molecule has 0 bridgehead atoms. The van der Waals surface area contributed by atoms with Crippen LogP contribution in [-0.2, 0) is 7.05 Å². The van der Waals surface area contributed by atoms with Crippen molar-refractivity contribution in [2.75, 3.05) is 24.5 Å². The van der Waals surface area contributed by atoms with Crippen molar-refractivity contribution < 1.29 is 22.3 Å². The third kappa shape index (κ3) is 4.93. The largest absolute Gasteiger partial charge is 0.573 e. The van der Waals surface area contributed by atoms with Gasteiger partial charge in [-0.15, -0.1) is 13.2 Å². The molecule has 2 atom stereocenters. The number of aryl methyl sites for hydroxylation is 1. The van der Waals surface area contributed by atoms with Crippen molar-refractivity contribution in [3.8, 4) is 11.8 Å². The Bertz CT molecular complexity index is 1360. The number of halogens is 4. The Labute approximate surface area is 198 Å². The van der Waals surface area contributed by atoms with Crippen molar-refractivity contribution in [3.05, 3.63) is 63.8 Å². The average Bonchev–Trinajstić information content (AvgIpc) is 2.80. The molecule has 0 N–H and O–H groups in total. The number of nitriles is 1. The summed E-state index contributed by atoms with van der Waals surface area (Å²) in [6, 6.07) is 9.45. The first kappa shape index (κ1) is 24.5. The Hall–Kier alpha value is -3.65. The van der Waals surface area contributed by atoms with Crippen molar-refractivity contribution >= 4 is 16.7 Å². The number of aromatic nitrogens is 2. The number of alkyl halides is 3. The van der Waals surface area contributed by atoms with Crippen LogP contribution in [0.15, 0.2) is 41.2 Å². The van der Waals surface area contributed by atoms with E-state index in [2.05, 4.69) is 9.72 Å². The average molecular weight is 489 g/mol. The number of anilines is 1. The molecule has 35 heavy (non-hydrogen) atoms.